The van der Waals surface area contributed by atoms with Crippen LogP contribution in [0, 0.1) is 23.2 Å². The summed E-state index contributed by atoms with van der Waals surface area (Å²) in [5.41, 5.74) is 0.201. The van der Waals surface area contributed by atoms with Crippen LogP contribution in [0.1, 0.15) is 39.5 Å². The van der Waals surface area contributed by atoms with Gasteiger partial charge in [-0.25, -0.2) is 0 Å². The molecular formula is C11H18O. The van der Waals surface area contributed by atoms with Crippen LogP contribution in [0.5, 0.6) is 0 Å². The van der Waals surface area contributed by atoms with E-state index in [1.54, 1.807) is 0 Å². The van der Waals surface area contributed by atoms with Gasteiger partial charge in [0.2, 0.25) is 0 Å². The summed E-state index contributed by atoms with van der Waals surface area (Å²) < 4.78 is 0. The molecule has 1 nitrogen and oxygen atoms in total. The van der Waals surface area contributed by atoms with Crippen LogP contribution in [-0.2, 0) is 0 Å². The maximum Gasteiger partial charge on any atom is 0.0686 e. The van der Waals surface area contributed by atoms with Gasteiger partial charge in [0.25, 0.3) is 0 Å². The molecule has 1 heteroatoms. The minimum absolute atomic E-state index is 0.239. The Kier molecular flexibility index (Phi) is 1.07. The summed E-state index contributed by atoms with van der Waals surface area (Å²) in [4.78, 5) is 0. The molecule has 0 aromatic heterocycles. The van der Waals surface area contributed by atoms with Gasteiger partial charge in [-0.15, -0.1) is 0 Å². The maximum absolute atomic E-state index is 10.4. The third-order valence-corrected chi connectivity index (χ3v) is 5.04. The topological polar surface area (TPSA) is 20.2 Å². The molecule has 3 aliphatic rings. The zero-order valence-electron chi connectivity index (χ0n) is 8.01. The molecule has 3 rings (SSSR count). The molecule has 2 bridgehead atoms. The Labute approximate surface area is 74.2 Å². The van der Waals surface area contributed by atoms with Gasteiger partial charge in [-0.2, -0.15) is 0 Å². The molecule has 0 aliphatic heterocycles. The highest BCUT2D eigenvalue weighted by atomic mass is 16.3. The quantitative estimate of drug-likeness (QED) is 0.585. The molecule has 3 fully saturated rings. The second kappa shape index (κ2) is 1.75. The van der Waals surface area contributed by atoms with Crippen molar-refractivity contribution in [1.82, 2.24) is 0 Å². The first kappa shape index (κ1) is 7.37. The van der Waals surface area contributed by atoms with E-state index in [-0.39, 0.29) is 5.60 Å². The third kappa shape index (κ3) is 0.585. The van der Waals surface area contributed by atoms with E-state index in [4.69, 9.17) is 0 Å². The molecule has 0 spiro atoms. The molecule has 3 saturated carbocycles. The monoisotopic (exact) mass is 166 g/mol. The van der Waals surface area contributed by atoms with E-state index in [0.29, 0.717) is 11.3 Å². The first-order valence-electron chi connectivity index (χ1n) is 5.26. The second-order valence-electron chi connectivity index (χ2n) is 5.84. The van der Waals surface area contributed by atoms with Crippen LogP contribution in [0.2, 0.25) is 0 Å². The normalized spacial score (nSPS) is 59.8. The second-order valence-corrected chi connectivity index (χ2v) is 5.84. The summed E-state index contributed by atoms with van der Waals surface area (Å²) in [5, 5.41) is 10.4. The van der Waals surface area contributed by atoms with E-state index in [1.807, 2.05) is 0 Å². The molecule has 4 atom stereocenters. The number of hydrogen-bond donors (Lipinski definition) is 1. The highest BCUT2D eigenvalue weighted by Crippen LogP contribution is 2.69. The van der Waals surface area contributed by atoms with Gasteiger partial charge >= 0.3 is 0 Å². The van der Waals surface area contributed by atoms with Gasteiger partial charge in [-0.1, -0.05) is 13.8 Å². The largest absolute Gasteiger partial charge is 0.390 e. The number of hydrogen-bond acceptors (Lipinski definition) is 1. The highest BCUT2D eigenvalue weighted by Gasteiger charge is 2.67. The third-order valence-electron chi connectivity index (χ3n) is 5.04. The summed E-state index contributed by atoms with van der Waals surface area (Å²) in [6.45, 7) is 4.73. The van der Waals surface area contributed by atoms with Gasteiger partial charge in [-0.05, 0) is 48.9 Å². The summed E-state index contributed by atoms with van der Waals surface area (Å²) in [7, 11) is 0. The Morgan fingerprint density at radius 2 is 2.08 bits per heavy atom. The molecule has 0 radical (unpaired) electrons. The van der Waals surface area contributed by atoms with Gasteiger partial charge in [0, 0.05) is 0 Å². The molecular weight excluding hydrogens is 148 g/mol. The molecule has 0 heterocycles. The molecule has 0 saturated heterocycles. The van der Waals surface area contributed by atoms with Gasteiger partial charge in [0.15, 0.2) is 0 Å². The van der Waals surface area contributed by atoms with E-state index in [1.165, 1.54) is 12.8 Å². The van der Waals surface area contributed by atoms with Crippen molar-refractivity contribution in [3.8, 4) is 0 Å². The minimum atomic E-state index is -0.239. The fraction of sp³-hybridized carbons (Fsp3) is 1.00. The minimum Gasteiger partial charge on any atom is -0.390 e. The first-order valence-corrected chi connectivity index (χ1v) is 5.26. The van der Waals surface area contributed by atoms with Crippen molar-refractivity contribution in [1.29, 1.82) is 0 Å². The van der Waals surface area contributed by atoms with Crippen LogP contribution in [0.4, 0.5) is 0 Å². The van der Waals surface area contributed by atoms with Gasteiger partial charge < -0.3 is 5.11 Å². The van der Waals surface area contributed by atoms with Crippen LogP contribution < -0.4 is 0 Å². The SMILES string of the molecule is CC1(C)[C@H]2C[C@@H]3CC[C@](O)(C2)[C@@H]31. The summed E-state index contributed by atoms with van der Waals surface area (Å²) in [5.74, 6) is 2.32. The Morgan fingerprint density at radius 1 is 1.33 bits per heavy atom. The molecule has 0 aromatic rings. The van der Waals surface area contributed by atoms with Gasteiger partial charge in [0.05, 0.1) is 5.60 Å². The van der Waals surface area contributed by atoms with Crippen molar-refractivity contribution in [3.63, 3.8) is 0 Å². The smallest absolute Gasteiger partial charge is 0.0686 e. The van der Waals surface area contributed by atoms with E-state index in [9.17, 15) is 5.11 Å². The molecule has 12 heavy (non-hydrogen) atoms. The lowest BCUT2D eigenvalue weighted by Gasteiger charge is -2.30. The van der Waals surface area contributed by atoms with Crippen LogP contribution in [0.15, 0.2) is 0 Å². The molecule has 68 valence electrons. The van der Waals surface area contributed by atoms with Crippen molar-refractivity contribution in [3.05, 3.63) is 0 Å². The van der Waals surface area contributed by atoms with E-state index >= 15 is 0 Å². The number of rotatable bonds is 0. The van der Waals surface area contributed by atoms with Crippen LogP contribution in [0.25, 0.3) is 0 Å². The average Bonchev–Trinajstić information content (AvgIpc) is 2.39. The highest BCUT2D eigenvalue weighted by molar-refractivity contribution is 5.17. The van der Waals surface area contributed by atoms with E-state index in [0.717, 1.165) is 24.7 Å². The lowest BCUT2D eigenvalue weighted by Crippen LogP contribution is -2.34. The van der Waals surface area contributed by atoms with Gasteiger partial charge in [-0.3, -0.25) is 0 Å². The predicted octanol–water partition coefficient (Wildman–Crippen LogP) is 2.19. The Bertz CT molecular complexity index is 228. The fourth-order valence-corrected chi connectivity index (χ4v) is 4.68. The first-order chi connectivity index (χ1) is 5.54. The summed E-state index contributed by atoms with van der Waals surface area (Å²) >= 11 is 0. The van der Waals surface area contributed by atoms with Crippen molar-refractivity contribution in [2.45, 2.75) is 45.1 Å². The molecule has 0 unspecified atom stereocenters. The maximum atomic E-state index is 10.4. The Hall–Kier alpha value is -0.0400. The zero-order chi connectivity index (χ0) is 8.56. The lowest BCUT2D eigenvalue weighted by atomic mass is 9.78. The number of aliphatic hydroxyl groups is 1. The predicted molar refractivity (Wildman–Crippen MR) is 47.7 cm³/mol. The molecule has 1 N–H and O–H groups in total. The van der Waals surface area contributed by atoms with Crippen LogP contribution in [0.3, 0.4) is 0 Å². The standard InChI is InChI=1S/C11H18O/c1-10(2)8-5-7-3-4-11(12,6-8)9(7)10/h7-9,12H,3-6H2,1-2H3/t7-,8-,9-,11-/m0/s1. The summed E-state index contributed by atoms with van der Waals surface area (Å²) in [6.07, 6.45) is 4.88. The van der Waals surface area contributed by atoms with Crippen molar-refractivity contribution < 1.29 is 5.11 Å². The van der Waals surface area contributed by atoms with Crippen LogP contribution in [-0.4, -0.2) is 10.7 Å². The summed E-state index contributed by atoms with van der Waals surface area (Å²) in [6, 6.07) is 0. The van der Waals surface area contributed by atoms with E-state index < -0.39 is 0 Å². The average molecular weight is 166 g/mol. The molecule has 3 aliphatic carbocycles. The van der Waals surface area contributed by atoms with Crippen molar-refractivity contribution in [2.75, 3.05) is 0 Å². The van der Waals surface area contributed by atoms with Crippen LogP contribution >= 0.6 is 0 Å². The Balaban J connectivity index is 2.10. The van der Waals surface area contributed by atoms with Crippen molar-refractivity contribution >= 4 is 0 Å². The lowest BCUT2D eigenvalue weighted by molar-refractivity contribution is -0.0106. The van der Waals surface area contributed by atoms with E-state index in [2.05, 4.69) is 13.8 Å². The zero-order valence-corrected chi connectivity index (χ0v) is 8.01. The molecule has 0 amide bonds. The van der Waals surface area contributed by atoms with Crippen molar-refractivity contribution in [2.24, 2.45) is 23.2 Å². The fourth-order valence-electron chi connectivity index (χ4n) is 4.68. The number of fused-ring (bicyclic) bond motifs is 1. The van der Waals surface area contributed by atoms with Gasteiger partial charge in [0.1, 0.15) is 0 Å². The Morgan fingerprint density at radius 3 is 2.58 bits per heavy atom. The molecule has 0 aromatic carbocycles.